The zero-order valence-corrected chi connectivity index (χ0v) is 20.9. The predicted octanol–water partition coefficient (Wildman–Crippen LogP) is 4.64. The van der Waals surface area contributed by atoms with E-state index in [1.807, 2.05) is 0 Å². The highest BCUT2D eigenvalue weighted by atomic mass is 16.2. The Morgan fingerprint density at radius 3 is 1.06 bits per heavy atom. The second-order valence-electron chi connectivity index (χ2n) is 8.92. The SMILES string of the molecule is NNC(=O)c1ccccc1C(=O)CCCCCCCCCCCCC(=O)c1ccccc1C(=O)NN. The standard InChI is InChI=1S/C28H38N4O4/c29-31-27(35)23-17-13-11-15-21(23)25(33)19-9-7-5-3-1-2-4-6-8-10-20-26(34)22-16-12-14-18-24(22)28(36)32-30/h11-18H,1-10,19-20,29-30H2,(H,31,35)(H,32,36). The summed E-state index contributed by atoms with van der Waals surface area (Å²) in [6.07, 6.45) is 11.2. The van der Waals surface area contributed by atoms with E-state index < -0.39 is 11.8 Å². The Morgan fingerprint density at radius 2 is 0.750 bits per heavy atom. The van der Waals surface area contributed by atoms with Crippen molar-refractivity contribution in [2.24, 2.45) is 11.7 Å². The summed E-state index contributed by atoms with van der Waals surface area (Å²) in [6.45, 7) is 0. The maximum atomic E-state index is 12.5. The number of nitrogens with two attached hydrogens (primary N) is 2. The second-order valence-corrected chi connectivity index (χ2v) is 8.92. The van der Waals surface area contributed by atoms with Gasteiger partial charge in [-0.1, -0.05) is 87.8 Å². The number of ketones is 2. The molecule has 0 heterocycles. The van der Waals surface area contributed by atoms with Crippen LogP contribution in [-0.2, 0) is 0 Å². The van der Waals surface area contributed by atoms with Gasteiger partial charge >= 0.3 is 0 Å². The zero-order valence-electron chi connectivity index (χ0n) is 20.9. The molecule has 0 aliphatic rings. The quantitative estimate of drug-likeness (QED) is 0.0829. The largest absolute Gasteiger partial charge is 0.294 e. The van der Waals surface area contributed by atoms with Gasteiger partial charge < -0.3 is 0 Å². The second kappa shape index (κ2) is 16.3. The first-order valence-corrected chi connectivity index (χ1v) is 12.8. The molecule has 0 aliphatic heterocycles. The summed E-state index contributed by atoms with van der Waals surface area (Å²) < 4.78 is 0. The van der Waals surface area contributed by atoms with Crippen LogP contribution >= 0.6 is 0 Å². The van der Waals surface area contributed by atoms with Crippen LogP contribution in [-0.4, -0.2) is 23.4 Å². The fourth-order valence-corrected chi connectivity index (χ4v) is 4.26. The number of carbonyl (C=O) groups excluding carboxylic acids is 4. The summed E-state index contributed by atoms with van der Waals surface area (Å²) in [5, 5.41) is 0. The van der Waals surface area contributed by atoms with Gasteiger partial charge in [0.25, 0.3) is 11.8 Å². The van der Waals surface area contributed by atoms with Crippen molar-refractivity contribution >= 4 is 23.4 Å². The van der Waals surface area contributed by atoms with Gasteiger partial charge in [-0.25, -0.2) is 11.7 Å². The molecular weight excluding hydrogens is 456 g/mol. The molecule has 0 saturated carbocycles. The maximum absolute atomic E-state index is 12.5. The van der Waals surface area contributed by atoms with Gasteiger partial charge in [0.2, 0.25) is 0 Å². The van der Waals surface area contributed by atoms with Crippen molar-refractivity contribution in [2.75, 3.05) is 0 Å². The van der Waals surface area contributed by atoms with E-state index in [9.17, 15) is 19.2 Å². The number of rotatable bonds is 17. The van der Waals surface area contributed by atoms with Crippen LogP contribution in [0.5, 0.6) is 0 Å². The van der Waals surface area contributed by atoms with E-state index >= 15 is 0 Å². The van der Waals surface area contributed by atoms with Crippen LogP contribution < -0.4 is 22.5 Å². The van der Waals surface area contributed by atoms with Gasteiger partial charge in [-0.2, -0.15) is 0 Å². The van der Waals surface area contributed by atoms with Crippen LogP contribution in [0.1, 0.15) is 118 Å². The number of hydrogen-bond acceptors (Lipinski definition) is 6. The summed E-state index contributed by atoms with van der Waals surface area (Å²) in [5.41, 5.74) is 5.65. The fraction of sp³-hybridized carbons (Fsp3) is 0.429. The molecule has 8 heteroatoms. The van der Waals surface area contributed by atoms with Crippen molar-refractivity contribution < 1.29 is 19.2 Å². The number of hydrogen-bond donors (Lipinski definition) is 4. The fourth-order valence-electron chi connectivity index (χ4n) is 4.26. The Bertz CT molecular complexity index is 941. The molecule has 2 amide bonds. The van der Waals surface area contributed by atoms with Crippen molar-refractivity contribution in [1.29, 1.82) is 0 Å². The number of nitrogens with one attached hydrogen (secondary N) is 2. The summed E-state index contributed by atoms with van der Waals surface area (Å²) in [7, 11) is 0. The number of unbranched alkanes of at least 4 members (excludes halogenated alkanes) is 9. The molecule has 0 fully saturated rings. The van der Waals surface area contributed by atoms with Crippen LogP contribution in [0.4, 0.5) is 0 Å². The zero-order chi connectivity index (χ0) is 26.2. The number of Topliss-reactive ketones (excluding diaryl/α,β-unsaturated/α-hetero) is 2. The average molecular weight is 495 g/mol. The Morgan fingerprint density at radius 1 is 0.472 bits per heavy atom. The predicted molar refractivity (Wildman–Crippen MR) is 140 cm³/mol. The van der Waals surface area contributed by atoms with E-state index in [1.165, 1.54) is 0 Å². The normalized spacial score (nSPS) is 10.6. The molecule has 194 valence electrons. The third kappa shape index (κ3) is 9.36. The first kappa shape index (κ1) is 28.9. The third-order valence-electron chi connectivity index (χ3n) is 6.26. The van der Waals surface area contributed by atoms with Crippen LogP contribution in [0.3, 0.4) is 0 Å². The van der Waals surface area contributed by atoms with Crippen molar-refractivity contribution in [3.8, 4) is 0 Å². The van der Waals surface area contributed by atoms with Crippen molar-refractivity contribution in [3.05, 3.63) is 70.8 Å². The van der Waals surface area contributed by atoms with Gasteiger partial charge in [-0.05, 0) is 25.0 Å². The van der Waals surface area contributed by atoms with Gasteiger partial charge in [0.05, 0.1) is 11.1 Å². The van der Waals surface area contributed by atoms with E-state index in [-0.39, 0.29) is 11.6 Å². The number of amides is 2. The molecule has 36 heavy (non-hydrogen) atoms. The Balaban J connectivity index is 1.51. The van der Waals surface area contributed by atoms with Crippen molar-refractivity contribution in [2.45, 2.75) is 77.0 Å². The highest BCUT2D eigenvalue weighted by molar-refractivity contribution is 6.08. The first-order valence-electron chi connectivity index (χ1n) is 12.8. The highest BCUT2D eigenvalue weighted by Gasteiger charge is 2.16. The molecule has 0 atom stereocenters. The lowest BCUT2D eigenvalue weighted by molar-refractivity contribution is 0.0930. The van der Waals surface area contributed by atoms with Gasteiger partial charge in [0, 0.05) is 24.0 Å². The van der Waals surface area contributed by atoms with E-state index in [0.29, 0.717) is 35.1 Å². The Kier molecular flexibility index (Phi) is 13.1. The minimum atomic E-state index is -0.451. The molecule has 0 spiro atoms. The molecular formula is C28H38N4O4. The van der Waals surface area contributed by atoms with Gasteiger partial charge in [0.15, 0.2) is 11.6 Å². The summed E-state index contributed by atoms with van der Waals surface area (Å²) in [4.78, 5) is 48.6. The molecule has 0 bridgehead atoms. The monoisotopic (exact) mass is 494 g/mol. The van der Waals surface area contributed by atoms with Crippen molar-refractivity contribution in [1.82, 2.24) is 10.9 Å². The van der Waals surface area contributed by atoms with E-state index in [2.05, 4.69) is 10.9 Å². The van der Waals surface area contributed by atoms with Gasteiger partial charge in [-0.3, -0.25) is 30.0 Å². The van der Waals surface area contributed by atoms with Crippen LogP contribution in [0.2, 0.25) is 0 Å². The minimum absolute atomic E-state index is 0.0289. The van der Waals surface area contributed by atoms with E-state index in [0.717, 1.165) is 64.2 Å². The molecule has 2 aromatic carbocycles. The molecule has 2 aromatic rings. The number of benzene rings is 2. The topological polar surface area (TPSA) is 144 Å². The summed E-state index contributed by atoms with van der Waals surface area (Å²) in [5.74, 6) is 9.44. The molecule has 6 N–H and O–H groups in total. The molecule has 0 unspecified atom stereocenters. The molecule has 0 saturated heterocycles. The first-order chi connectivity index (χ1) is 17.5. The van der Waals surface area contributed by atoms with Crippen LogP contribution in [0.25, 0.3) is 0 Å². The maximum Gasteiger partial charge on any atom is 0.265 e. The van der Waals surface area contributed by atoms with Gasteiger partial charge in [-0.15, -0.1) is 0 Å². The Labute approximate surface area is 213 Å². The summed E-state index contributed by atoms with van der Waals surface area (Å²) >= 11 is 0. The summed E-state index contributed by atoms with van der Waals surface area (Å²) in [6, 6.07) is 13.5. The molecule has 0 aromatic heterocycles. The third-order valence-corrected chi connectivity index (χ3v) is 6.26. The van der Waals surface area contributed by atoms with Crippen LogP contribution in [0.15, 0.2) is 48.5 Å². The molecule has 2 rings (SSSR count). The average Bonchev–Trinajstić information content (AvgIpc) is 2.92. The Hall–Kier alpha value is -3.36. The van der Waals surface area contributed by atoms with E-state index in [4.69, 9.17) is 11.7 Å². The van der Waals surface area contributed by atoms with E-state index in [1.54, 1.807) is 48.5 Å². The molecule has 8 nitrogen and oxygen atoms in total. The molecule has 0 radical (unpaired) electrons. The van der Waals surface area contributed by atoms with Gasteiger partial charge in [0.1, 0.15) is 0 Å². The van der Waals surface area contributed by atoms with Crippen LogP contribution in [0, 0.1) is 0 Å². The lowest BCUT2D eigenvalue weighted by Gasteiger charge is -2.08. The molecule has 0 aliphatic carbocycles. The smallest absolute Gasteiger partial charge is 0.265 e. The highest BCUT2D eigenvalue weighted by Crippen LogP contribution is 2.17. The number of hydrazine groups is 2. The minimum Gasteiger partial charge on any atom is -0.294 e. The lowest BCUT2D eigenvalue weighted by Crippen LogP contribution is -2.31. The number of nitrogen functional groups attached to an aromatic ring is 2. The van der Waals surface area contributed by atoms with Crippen molar-refractivity contribution in [3.63, 3.8) is 0 Å². The lowest BCUT2D eigenvalue weighted by atomic mass is 9.98. The number of carbonyl (C=O) groups is 4.